The maximum Gasteiger partial charge on any atom is 0.264 e. The zero-order valence-electron chi connectivity index (χ0n) is 21.9. The van der Waals surface area contributed by atoms with Crippen LogP contribution in [0.1, 0.15) is 48.0 Å². The number of amides is 4. The Morgan fingerprint density at radius 1 is 1.00 bits per heavy atom. The Morgan fingerprint density at radius 2 is 1.77 bits per heavy atom. The number of ether oxygens (including phenoxy) is 1. The smallest absolute Gasteiger partial charge is 0.264 e. The predicted octanol–water partition coefficient (Wildman–Crippen LogP) is 1.40. The molecule has 212 valence electrons. The Labute approximate surface area is 231 Å². The summed E-state index contributed by atoms with van der Waals surface area (Å²) >= 11 is 0. The van der Waals surface area contributed by atoms with Gasteiger partial charge in [0.2, 0.25) is 18.1 Å². The van der Waals surface area contributed by atoms with Crippen molar-refractivity contribution in [3.05, 3.63) is 65.7 Å². The lowest BCUT2D eigenvalue weighted by atomic mass is 10.0. The van der Waals surface area contributed by atoms with E-state index in [0.717, 1.165) is 5.56 Å². The number of aromatic hydroxyl groups is 1. The quantitative estimate of drug-likeness (QED) is 0.437. The Kier molecular flexibility index (Phi) is 8.58. The third-order valence-electron chi connectivity index (χ3n) is 7.19. The summed E-state index contributed by atoms with van der Waals surface area (Å²) in [6, 6.07) is 12.6. The number of nitrogens with one attached hydrogen (secondary N) is 2. The first-order valence-corrected chi connectivity index (χ1v) is 13.4. The molecule has 3 heterocycles. The van der Waals surface area contributed by atoms with Gasteiger partial charge in [-0.25, -0.2) is 14.8 Å². The van der Waals surface area contributed by atoms with Crippen LogP contribution < -0.4 is 10.6 Å². The third kappa shape index (κ3) is 6.24. The highest BCUT2D eigenvalue weighted by atomic mass is 17.2. The summed E-state index contributed by atoms with van der Waals surface area (Å²) < 4.78 is 5.87. The van der Waals surface area contributed by atoms with Gasteiger partial charge in [0.1, 0.15) is 17.8 Å². The average molecular weight is 553 g/mol. The van der Waals surface area contributed by atoms with E-state index in [-0.39, 0.29) is 43.3 Å². The van der Waals surface area contributed by atoms with E-state index in [1.54, 1.807) is 0 Å². The first-order chi connectivity index (χ1) is 19.4. The fourth-order valence-electron chi connectivity index (χ4n) is 5.07. The van der Waals surface area contributed by atoms with Gasteiger partial charge >= 0.3 is 0 Å². The molecule has 0 aromatic heterocycles. The lowest BCUT2D eigenvalue weighted by Gasteiger charge is -2.43. The van der Waals surface area contributed by atoms with Crippen LogP contribution in [0.3, 0.4) is 0 Å². The highest BCUT2D eigenvalue weighted by molar-refractivity contribution is 5.99. The molecule has 12 nitrogen and oxygen atoms in total. The molecule has 0 aliphatic carbocycles. The molecule has 3 aliphatic heterocycles. The van der Waals surface area contributed by atoms with Gasteiger partial charge in [0.25, 0.3) is 11.8 Å². The van der Waals surface area contributed by atoms with E-state index < -0.39 is 42.1 Å². The fourth-order valence-corrected chi connectivity index (χ4v) is 5.07. The second-order valence-corrected chi connectivity index (χ2v) is 9.96. The van der Waals surface area contributed by atoms with Crippen LogP contribution in [0.4, 0.5) is 0 Å². The fraction of sp³-hybridized carbons (Fsp3) is 0.429. The molecular weight excluding hydrogens is 520 g/mol. The zero-order valence-corrected chi connectivity index (χ0v) is 21.9. The number of hydrazine groups is 1. The second-order valence-electron chi connectivity index (χ2n) is 9.96. The Hall–Kier alpha value is -4.00. The highest BCUT2D eigenvalue weighted by Gasteiger charge is 2.45. The summed E-state index contributed by atoms with van der Waals surface area (Å²) in [7, 11) is 0. The van der Waals surface area contributed by atoms with Crippen LogP contribution in [0, 0.1) is 0 Å². The lowest BCUT2D eigenvalue weighted by molar-refractivity contribution is -0.406. The van der Waals surface area contributed by atoms with Gasteiger partial charge in [-0.3, -0.25) is 24.2 Å². The summed E-state index contributed by atoms with van der Waals surface area (Å²) in [5.74, 6) is -1.77. The molecule has 0 radical (unpaired) electrons. The topological polar surface area (TPSA) is 147 Å². The van der Waals surface area contributed by atoms with Crippen molar-refractivity contribution in [1.29, 1.82) is 0 Å². The molecular formula is C28H32N4O8. The SMILES string of the molecule is O=C(N[C@H]1CCC(=O)N2CCC[C@@H](C(=O)N[C@H]3CCOOC3OCc3ccccc3)N2C1=O)c1ccc(O)cc1. The number of rotatable bonds is 7. The van der Waals surface area contributed by atoms with E-state index in [2.05, 4.69) is 10.6 Å². The van der Waals surface area contributed by atoms with Crippen molar-refractivity contribution >= 4 is 23.6 Å². The van der Waals surface area contributed by atoms with Gasteiger partial charge in [-0.1, -0.05) is 30.3 Å². The van der Waals surface area contributed by atoms with E-state index in [4.69, 9.17) is 14.5 Å². The number of phenols is 1. The monoisotopic (exact) mass is 552 g/mol. The van der Waals surface area contributed by atoms with Crippen molar-refractivity contribution in [2.24, 2.45) is 0 Å². The minimum absolute atomic E-state index is 0.00753. The van der Waals surface area contributed by atoms with Crippen LogP contribution in [0.2, 0.25) is 0 Å². The number of carbonyl (C=O) groups excluding carboxylic acids is 4. The molecule has 3 N–H and O–H groups in total. The molecule has 4 atom stereocenters. The average Bonchev–Trinajstić information content (AvgIpc) is 3.09. The first-order valence-electron chi connectivity index (χ1n) is 13.4. The van der Waals surface area contributed by atoms with Crippen LogP contribution in [-0.2, 0) is 35.5 Å². The van der Waals surface area contributed by atoms with Crippen LogP contribution in [0.15, 0.2) is 54.6 Å². The number of nitrogens with zero attached hydrogens (tertiary/aromatic N) is 2. The Bertz CT molecular complexity index is 1220. The minimum Gasteiger partial charge on any atom is -0.508 e. The summed E-state index contributed by atoms with van der Waals surface area (Å²) in [4.78, 5) is 63.5. The lowest BCUT2D eigenvalue weighted by Crippen LogP contribution is -2.65. The number of benzene rings is 2. The van der Waals surface area contributed by atoms with Crippen molar-refractivity contribution in [2.75, 3.05) is 13.2 Å². The van der Waals surface area contributed by atoms with E-state index in [0.29, 0.717) is 25.8 Å². The third-order valence-corrected chi connectivity index (χ3v) is 7.19. The van der Waals surface area contributed by atoms with Crippen molar-refractivity contribution in [3.8, 4) is 5.75 Å². The number of hydrogen-bond acceptors (Lipinski definition) is 8. The summed E-state index contributed by atoms with van der Waals surface area (Å²) in [6.07, 6.45) is 0.596. The van der Waals surface area contributed by atoms with Crippen LogP contribution >= 0.6 is 0 Å². The van der Waals surface area contributed by atoms with Gasteiger partial charge in [0.15, 0.2) is 0 Å². The molecule has 3 fully saturated rings. The van der Waals surface area contributed by atoms with Crippen molar-refractivity contribution < 1.29 is 38.8 Å². The molecule has 1 unspecified atom stereocenters. The molecule has 40 heavy (non-hydrogen) atoms. The normalized spacial score (nSPS) is 25.1. The number of carbonyl (C=O) groups is 4. The van der Waals surface area contributed by atoms with E-state index in [1.807, 2.05) is 30.3 Å². The highest BCUT2D eigenvalue weighted by Crippen LogP contribution is 2.26. The van der Waals surface area contributed by atoms with Gasteiger partial charge in [-0.15, -0.1) is 0 Å². The molecule has 5 rings (SSSR count). The molecule has 2 aromatic rings. The maximum absolute atomic E-state index is 13.7. The van der Waals surface area contributed by atoms with E-state index in [9.17, 15) is 24.3 Å². The van der Waals surface area contributed by atoms with Crippen LogP contribution in [-0.4, -0.2) is 76.3 Å². The molecule has 3 saturated heterocycles. The van der Waals surface area contributed by atoms with E-state index >= 15 is 0 Å². The number of hydrogen-bond donors (Lipinski definition) is 3. The van der Waals surface area contributed by atoms with Crippen molar-refractivity contribution in [2.45, 2.75) is 63.1 Å². The Morgan fingerprint density at radius 3 is 2.55 bits per heavy atom. The summed E-state index contributed by atoms with van der Waals surface area (Å²) in [5.41, 5.74) is 1.19. The predicted molar refractivity (Wildman–Crippen MR) is 139 cm³/mol. The zero-order chi connectivity index (χ0) is 28.1. The minimum atomic E-state index is -1.00. The summed E-state index contributed by atoms with van der Waals surface area (Å²) in [5, 5.41) is 17.7. The second kappa shape index (κ2) is 12.5. The maximum atomic E-state index is 13.7. The largest absolute Gasteiger partial charge is 0.508 e. The van der Waals surface area contributed by atoms with Gasteiger partial charge in [-0.2, -0.15) is 0 Å². The first kappa shape index (κ1) is 27.6. The van der Waals surface area contributed by atoms with E-state index in [1.165, 1.54) is 34.3 Å². The van der Waals surface area contributed by atoms with Crippen molar-refractivity contribution in [1.82, 2.24) is 20.7 Å². The van der Waals surface area contributed by atoms with Gasteiger partial charge < -0.3 is 20.5 Å². The number of phenolic OH excluding ortho intramolecular Hbond substituents is 1. The molecule has 0 spiro atoms. The molecule has 4 amide bonds. The van der Waals surface area contributed by atoms with Gasteiger partial charge in [0, 0.05) is 18.5 Å². The van der Waals surface area contributed by atoms with Gasteiger partial charge in [-0.05, 0) is 55.5 Å². The summed E-state index contributed by atoms with van der Waals surface area (Å²) in [6.45, 7) is 0.801. The molecule has 0 bridgehead atoms. The molecule has 12 heteroatoms. The Balaban J connectivity index is 1.28. The molecule has 3 aliphatic rings. The van der Waals surface area contributed by atoms with Crippen LogP contribution in [0.25, 0.3) is 0 Å². The van der Waals surface area contributed by atoms with Gasteiger partial charge in [0.05, 0.1) is 19.3 Å². The molecule has 2 aromatic carbocycles. The standard InChI is InChI=1S/C28H32N4O8/c33-20-10-8-19(9-11-20)25(35)29-21-12-13-24(34)31-15-4-7-23(32(31)27(21)37)26(36)30-22-14-16-39-40-28(22)38-17-18-5-2-1-3-6-18/h1-3,5-6,8-11,21-23,28,33H,4,7,12-17H2,(H,29,35)(H,30,36)/t21-,22-,23-,28?/m0/s1. The van der Waals surface area contributed by atoms with Crippen molar-refractivity contribution in [3.63, 3.8) is 0 Å². The number of fused-ring (bicyclic) bond motifs is 1. The molecule has 0 saturated carbocycles. The van der Waals surface area contributed by atoms with Crippen LogP contribution in [0.5, 0.6) is 5.75 Å².